The van der Waals surface area contributed by atoms with Crippen molar-refractivity contribution in [2.45, 2.75) is 32.1 Å². The largest absolute Gasteiger partial charge is 0.494 e. The quantitative estimate of drug-likeness (QED) is 0.225. The molecule has 0 saturated carbocycles. The van der Waals surface area contributed by atoms with E-state index in [4.69, 9.17) is 31.5 Å². The second kappa shape index (κ2) is 11.0. The summed E-state index contributed by atoms with van der Waals surface area (Å²) in [5.74, 6) is 0.383. The van der Waals surface area contributed by atoms with Gasteiger partial charge in [-0.3, -0.25) is 0 Å². The molecule has 0 saturated heterocycles. The van der Waals surface area contributed by atoms with E-state index in [0.717, 1.165) is 36.1 Å². The van der Waals surface area contributed by atoms with Gasteiger partial charge in [0.1, 0.15) is 28.9 Å². The van der Waals surface area contributed by atoms with Crippen LogP contribution in [0, 0.1) is 11.3 Å². The molecule has 7 heteroatoms. The van der Waals surface area contributed by atoms with Crippen LogP contribution in [0.4, 0.5) is 0 Å². The van der Waals surface area contributed by atoms with Gasteiger partial charge in [-0.25, -0.2) is 4.79 Å². The van der Waals surface area contributed by atoms with Gasteiger partial charge < -0.3 is 19.9 Å². The van der Waals surface area contributed by atoms with Gasteiger partial charge in [0, 0.05) is 11.6 Å². The van der Waals surface area contributed by atoms with Crippen LogP contribution in [0.15, 0.2) is 78.2 Å². The summed E-state index contributed by atoms with van der Waals surface area (Å²) in [6, 6.07) is 21.5. The maximum atomic E-state index is 12.6. The van der Waals surface area contributed by atoms with Gasteiger partial charge in [0.05, 0.1) is 23.1 Å². The number of esters is 1. The minimum absolute atomic E-state index is 0.00819. The summed E-state index contributed by atoms with van der Waals surface area (Å²) >= 11 is 6.11. The maximum Gasteiger partial charge on any atom is 0.345 e. The van der Waals surface area contributed by atoms with Gasteiger partial charge in [0.15, 0.2) is 0 Å². The smallest absolute Gasteiger partial charge is 0.345 e. The molecule has 178 valence electrons. The number of nitriles is 1. The Labute approximate surface area is 209 Å². The molecular weight excluding hydrogens is 464 g/mol. The molecule has 0 fully saturated rings. The van der Waals surface area contributed by atoms with Gasteiger partial charge in [-0.2, -0.15) is 5.26 Å². The molecule has 3 aromatic rings. The van der Waals surface area contributed by atoms with Gasteiger partial charge in [-0.15, -0.1) is 0 Å². The summed E-state index contributed by atoms with van der Waals surface area (Å²) in [7, 11) is 0. The van der Waals surface area contributed by atoms with E-state index in [0.29, 0.717) is 23.0 Å². The number of hydrogen-bond donors (Lipinski definition) is 1. The molecule has 0 aromatic heterocycles. The van der Waals surface area contributed by atoms with E-state index < -0.39 is 11.9 Å². The van der Waals surface area contributed by atoms with Crippen molar-refractivity contribution < 1.29 is 19.0 Å². The average molecular weight is 489 g/mol. The zero-order valence-electron chi connectivity index (χ0n) is 19.3. The van der Waals surface area contributed by atoms with Gasteiger partial charge in [-0.05, 0) is 42.3 Å². The van der Waals surface area contributed by atoms with Crippen LogP contribution in [-0.2, 0) is 0 Å². The molecule has 0 bridgehead atoms. The lowest BCUT2D eigenvalue weighted by Crippen LogP contribution is -2.21. The van der Waals surface area contributed by atoms with Gasteiger partial charge in [0.25, 0.3) is 0 Å². The normalized spacial score (nSPS) is 14.5. The number of allylic oxidation sites excluding steroid dienone is 1. The molecule has 1 aliphatic heterocycles. The van der Waals surface area contributed by atoms with Crippen molar-refractivity contribution in [3.05, 3.63) is 99.9 Å². The van der Waals surface area contributed by atoms with Crippen LogP contribution in [0.25, 0.3) is 0 Å². The summed E-state index contributed by atoms with van der Waals surface area (Å²) in [5.41, 5.74) is 8.27. The third kappa shape index (κ3) is 5.42. The Morgan fingerprint density at radius 3 is 2.69 bits per heavy atom. The van der Waals surface area contributed by atoms with Crippen LogP contribution < -0.4 is 19.9 Å². The Hall–Kier alpha value is -3.95. The fourth-order valence-electron chi connectivity index (χ4n) is 3.96. The number of fused-ring (bicyclic) bond motifs is 1. The maximum absolute atomic E-state index is 12.6. The second-order valence-electron chi connectivity index (χ2n) is 8.12. The highest BCUT2D eigenvalue weighted by Gasteiger charge is 2.31. The summed E-state index contributed by atoms with van der Waals surface area (Å²) in [4.78, 5) is 12.6. The summed E-state index contributed by atoms with van der Waals surface area (Å²) in [5, 5.41) is 10.1. The zero-order chi connectivity index (χ0) is 24.8. The van der Waals surface area contributed by atoms with Crippen molar-refractivity contribution in [3.8, 4) is 23.3 Å². The Morgan fingerprint density at radius 1 is 1.09 bits per heavy atom. The monoisotopic (exact) mass is 488 g/mol. The van der Waals surface area contributed by atoms with Crippen molar-refractivity contribution in [3.63, 3.8) is 0 Å². The predicted molar refractivity (Wildman–Crippen MR) is 134 cm³/mol. The number of halogens is 1. The molecule has 1 aliphatic rings. The molecule has 2 N–H and O–H groups in total. The minimum Gasteiger partial charge on any atom is -0.494 e. The lowest BCUT2D eigenvalue weighted by Gasteiger charge is -2.27. The third-order valence-corrected chi connectivity index (χ3v) is 6.03. The first-order chi connectivity index (χ1) is 17.0. The van der Waals surface area contributed by atoms with E-state index >= 15 is 0 Å². The zero-order valence-corrected chi connectivity index (χ0v) is 20.0. The highest BCUT2D eigenvalue weighted by Crippen LogP contribution is 2.44. The summed E-state index contributed by atoms with van der Waals surface area (Å²) in [6.45, 7) is 2.78. The minimum atomic E-state index is -0.586. The Bertz CT molecular complexity index is 1310. The molecule has 1 atom stereocenters. The summed E-state index contributed by atoms with van der Waals surface area (Å²) in [6.07, 6.45) is 3.20. The molecule has 1 unspecified atom stereocenters. The molecule has 0 radical (unpaired) electrons. The molecular formula is C28H25ClN2O4. The highest BCUT2D eigenvalue weighted by atomic mass is 35.5. The molecule has 35 heavy (non-hydrogen) atoms. The second-order valence-corrected chi connectivity index (χ2v) is 8.53. The van der Waals surface area contributed by atoms with Gasteiger partial charge >= 0.3 is 5.97 Å². The fraction of sp³-hybridized carbons (Fsp3) is 0.214. The van der Waals surface area contributed by atoms with Crippen molar-refractivity contribution in [2.75, 3.05) is 6.61 Å². The van der Waals surface area contributed by atoms with Crippen LogP contribution in [0.1, 0.15) is 53.6 Å². The standard InChI is InChI=1S/C28H25ClN2O4/c1-2-3-6-14-33-19-9-7-8-18(15-19)26-22-13-12-20(16-25(22)35-27(31)23(26)17-30)34-28(32)21-10-4-5-11-24(21)29/h4-5,7-13,15-16,26H,2-3,6,14,31H2,1H3. The number of ether oxygens (including phenoxy) is 3. The topological polar surface area (TPSA) is 94.6 Å². The third-order valence-electron chi connectivity index (χ3n) is 5.70. The lowest BCUT2D eigenvalue weighted by molar-refractivity contribution is 0.0734. The van der Waals surface area contributed by atoms with Crippen LogP contribution >= 0.6 is 11.6 Å². The Morgan fingerprint density at radius 2 is 1.91 bits per heavy atom. The lowest BCUT2D eigenvalue weighted by atomic mass is 9.83. The van der Waals surface area contributed by atoms with Crippen LogP contribution in [0.3, 0.4) is 0 Å². The predicted octanol–water partition coefficient (Wildman–Crippen LogP) is 6.35. The molecule has 0 spiro atoms. The van der Waals surface area contributed by atoms with Gasteiger partial charge in [-0.1, -0.05) is 61.7 Å². The number of hydrogen-bond acceptors (Lipinski definition) is 6. The molecule has 0 amide bonds. The highest BCUT2D eigenvalue weighted by molar-refractivity contribution is 6.33. The SMILES string of the molecule is CCCCCOc1cccc(C2C(C#N)=C(N)Oc3cc(OC(=O)c4ccccc4Cl)ccc32)c1. The number of carbonyl (C=O) groups excluding carboxylic acids is 1. The number of nitrogens with two attached hydrogens (primary N) is 1. The molecule has 6 nitrogen and oxygen atoms in total. The number of benzene rings is 3. The first-order valence-corrected chi connectivity index (χ1v) is 11.8. The van der Waals surface area contributed by atoms with Crippen molar-refractivity contribution in [1.82, 2.24) is 0 Å². The van der Waals surface area contributed by atoms with E-state index in [1.807, 2.05) is 24.3 Å². The number of nitrogens with zero attached hydrogens (tertiary/aromatic N) is 1. The Kier molecular flexibility index (Phi) is 7.59. The van der Waals surface area contributed by atoms with E-state index in [1.54, 1.807) is 42.5 Å². The summed E-state index contributed by atoms with van der Waals surface area (Å²) < 4.78 is 17.2. The molecule has 1 heterocycles. The van der Waals surface area contributed by atoms with Crippen LogP contribution in [-0.4, -0.2) is 12.6 Å². The van der Waals surface area contributed by atoms with Crippen LogP contribution in [0.5, 0.6) is 17.2 Å². The van der Waals surface area contributed by atoms with Crippen molar-refractivity contribution >= 4 is 17.6 Å². The van der Waals surface area contributed by atoms with E-state index in [2.05, 4.69) is 13.0 Å². The number of rotatable bonds is 8. The van der Waals surface area contributed by atoms with E-state index in [1.165, 1.54) is 0 Å². The molecule has 0 aliphatic carbocycles. The Balaban J connectivity index is 1.63. The van der Waals surface area contributed by atoms with Gasteiger partial charge in [0.2, 0.25) is 5.88 Å². The van der Waals surface area contributed by atoms with E-state index in [-0.39, 0.29) is 17.2 Å². The van der Waals surface area contributed by atoms with E-state index in [9.17, 15) is 10.1 Å². The fourth-order valence-corrected chi connectivity index (χ4v) is 4.17. The molecule has 4 rings (SSSR count). The number of unbranched alkanes of at least 4 members (excludes halogenated alkanes) is 2. The number of carbonyl (C=O) groups is 1. The van der Waals surface area contributed by atoms with Crippen LogP contribution in [0.2, 0.25) is 5.02 Å². The first-order valence-electron chi connectivity index (χ1n) is 11.4. The van der Waals surface area contributed by atoms with Crippen molar-refractivity contribution in [1.29, 1.82) is 5.26 Å². The first kappa shape index (κ1) is 24.2. The molecule has 3 aromatic carbocycles. The average Bonchev–Trinajstić information content (AvgIpc) is 2.86. The van der Waals surface area contributed by atoms with Crippen molar-refractivity contribution in [2.24, 2.45) is 5.73 Å².